The van der Waals surface area contributed by atoms with E-state index >= 15 is 0 Å². The van der Waals surface area contributed by atoms with Crippen molar-refractivity contribution in [2.24, 2.45) is 23.7 Å². The Balaban J connectivity index is 0.000000573. The lowest BCUT2D eigenvalue weighted by Crippen LogP contribution is -2.46. The van der Waals surface area contributed by atoms with Crippen molar-refractivity contribution in [2.45, 2.75) is 124 Å². The molecule has 2 N–H and O–H groups in total. The first-order valence-electron chi connectivity index (χ1n) is 14.9. The number of aliphatic hydroxyl groups is 2. The fourth-order valence-electron chi connectivity index (χ4n) is 6.08. The summed E-state index contributed by atoms with van der Waals surface area (Å²) in [5.41, 5.74) is -1.12. The SMILES string of the molecule is CC1CC(N(C)C)CC(O)O1.CCC1OC(=O)C(C)CC(C)CC(C)CCN(C(=O)CBr)C[C@H](C)C[C@]1(C)O. The van der Waals surface area contributed by atoms with Gasteiger partial charge in [-0.1, -0.05) is 50.5 Å². The molecule has 0 saturated carbocycles. The van der Waals surface area contributed by atoms with E-state index in [0.29, 0.717) is 42.6 Å². The van der Waals surface area contributed by atoms with Crippen LogP contribution in [-0.4, -0.2) is 94.5 Å². The fourth-order valence-corrected chi connectivity index (χ4v) is 6.43. The first kappa shape index (κ1) is 36.3. The summed E-state index contributed by atoms with van der Waals surface area (Å²) in [6.07, 6.45) is 4.63. The average molecular weight is 622 g/mol. The van der Waals surface area contributed by atoms with Crippen molar-refractivity contribution < 1.29 is 29.3 Å². The molecule has 0 aromatic rings. The van der Waals surface area contributed by atoms with Crippen molar-refractivity contribution in [3.63, 3.8) is 0 Å². The highest BCUT2D eigenvalue weighted by Gasteiger charge is 2.37. The van der Waals surface area contributed by atoms with Crippen LogP contribution in [0.5, 0.6) is 0 Å². The minimum atomic E-state index is -1.12. The van der Waals surface area contributed by atoms with Crippen LogP contribution in [0.1, 0.15) is 93.4 Å². The van der Waals surface area contributed by atoms with Crippen molar-refractivity contribution in [3.05, 3.63) is 0 Å². The van der Waals surface area contributed by atoms with Gasteiger partial charge in [-0.15, -0.1) is 0 Å². The summed E-state index contributed by atoms with van der Waals surface area (Å²) in [5.74, 6) is 0.676. The number of cyclic esters (lactones) is 1. The van der Waals surface area contributed by atoms with E-state index in [0.717, 1.165) is 38.6 Å². The normalized spacial score (nSPS) is 37.7. The molecule has 2 rings (SSSR count). The zero-order valence-electron chi connectivity index (χ0n) is 26.0. The highest BCUT2D eigenvalue weighted by atomic mass is 79.9. The minimum Gasteiger partial charge on any atom is -0.459 e. The zero-order valence-corrected chi connectivity index (χ0v) is 27.6. The van der Waals surface area contributed by atoms with Crippen LogP contribution >= 0.6 is 15.9 Å². The molecule has 0 spiro atoms. The maximum Gasteiger partial charge on any atom is 0.309 e. The number of rotatable bonds is 3. The van der Waals surface area contributed by atoms with E-state index in [9.17, 15) is 19.8 Å². The number of ether oxygens (including phenoxy) is 2. The fraction of sp³-hybridized carbons (Fsp3) is 0.933. The lowest BCUT2D eigenvalue weighted by molar-refractivity contribution is -0.172. The number of amides is 1. The summed E-state index contributed by atoms with van der Waals surface area (Å²) in [7, 11) is 4.07. The molecule has 0 aliphatic carbocycles. The van der Waals surface area contributed by atoms with Gasteiger partial charge in [0, 0.05) is 25.6 Å². The molecule has 2 fully saturated rings. The number of carbonyl (C=O) groups is 2. The Morgan fingerprint density at radius 3 is 2.26 bits per heavy atom. The molecular formula is C30H57BrN2O6. The number of esters is 1. The van der Waals surface area contributed by atoms with Crippen molar-refractivity contribution in [2.75, 3.05) is 32.5 Å². The van der Waals surface area contributed by atoms with Gasteiger partial charge in [0.05, 0.1) is 23.0 Å². The number of hydrogen-bond donors (Lipinski definition) is 2. The number of aliphatic hydroxyl groups excluding tert-OH is 1. The van der Waals surface area contributed by atoms with E-state index in [2.05, 4.69) is 34.7 Å². The van der Waals surface area contributed by atoms with Crippen molar-refractivity contribution in [1.29, 1.82) is 0 Å². The van der Waals surface area contributed by atoms with Crippen molar-refractivity contribution in [1.82, 2.24) is 9.80 Å². The first-order valence-corrected chi connectivity index (χ1v) is 16.0. The topological polar surface area (TPSA) is 99.5 Å². The molecule has 0 aromatic heterocycles. The molecule has 2 saturated heterocycles. The Hall–Kier alpha value is -0.740. The van der Waals surface area contributed by atoms with Gasteiger partial charge in [-0.25, -0.2) is 0 Å². The van der Waals surface area contributed by atoms with Gasteiger partial charge in [-0.05, 0) is 84.2 Å². The van der Waals surface area contributed by atoms with E-state index in [1.807, 2.05) is 46.7 Å². The Bertz CT molecular complexity index is 726. The Labute approximate surface area is 246 Å². The van der Waals surface area contributed by atoms with E-state index < -0.39 is 18.0 Å². The molecule has 0 bridgehead atoms. The van der Waals surface area contributed by atoms with Crippen LogP contribution in [0.3, 0.4) is 0 Å². The summed E-state index contributed by atoms with van der Waals surface area (Å²) in [6.45, 7) is 15.4. The van der Waals surface area contributed by atoms with Gasteiger partial charge >= 0.3 is 5.97 Å². The molecule has 7 unspecified atom stereocenters. The number of nitrogens with zero attached hydrogens (tertiary/aromatic N) is 2. The predicted molar refractivity (Wildman–Crippen MR) is 160 cm³/mol. The average Bonchev–Trinajstić information content (AvgIpc) is 2.83. The highest BCUT2D eigenvalue weighted by Crippen LogP contribution is 2.29. The zero-order chi connectivity index (χ0) is 29.9. The Morgan fingerprint density at radius 2 is 1.72 bits per heavy atom. The molecule has 2 aliphatic rings. The second-order valence-electron chi connectivity index (χ2n) is 12.8. The van der Waals surface area contributed by atoms with Crippen LogP contribution in [0.25, 0.3) is 0 Å². The molecule has 0 aromatic carbocycles. The molecule has 1 amide bonds. The van der Waals surface area contributed by atoms with Crippen LogP contribution in [-0.2, 0) is 19.1 Å². The van der Waals surface area contributed by atoms with Crippen LogP contribution in [0, 0.1) is 23.7 Å². The molecule has 2 aliphatic heterocycles. The lowest BCUT2D eigenvalue weighted by Gasteiger charge is -2.36. The van der Waals surface area contributed by atoms with Crippen molar-refractivity contribution >= 4 is 27.8 Å². The summed E-state index contributed by atoms with van der Waals surface area (Å²) in [4.78, 5) is 29.0. The van der Waals surface area contributed by atoms with E-state index in [4.69, 9.17) is 9.47 Å². The third-order valence-electron chi connectivity index (χ3n) is 8.14. The highest BCUT2D eigenvalue weighted by molar-refractivity contribution is 9.09. The Morgan fingerprint density at radius 1 is 1.08 bits per heavy atom. The lowest BCUT2D eigenvalue weighted by atomic mass is 9.86. The number of halogens is 1. The second-order valence-corrected chi connectivity index (χ2v) is 13.4. The van der Waals surface area contributed by atoms with Gasteiger partial charge in [-0.2, -0.15) is 0 Å². The Kier molecular flexibility index (Phi) is 16.1. The predicted octanol–water partition coefficient (Wildman–Crippen LogP) is 4.84. The third-order valence-corrected chi connectivity index (χ3v) is 8.62. The molecule has 230 valence electrons. The third kappa shape index (κ3) is 13.2. The molecular weight excluding hydrogens is 564 g/mol. The van der Waals surface area contributed by atoms with E-state index in [-0.39, 0.29) is 29.8 Å². The maximum absolute atomic E-state index is 12.6. The van der Waals surface area contributed by atoms with E-state index in [1.54, 1.807) is 6.92 Å². The van der Waals surface area contributed by atoms with Crippen molar-refractivity contribution in [3.8, 4) is 0 Å². The molecule has 8 nitrogen and oxygen atoms in total. The summed E-state index contributed by atoms with van der Waals surface area (Å²) in [5, 5.41) is 20.6. The number of carbonyl (C=O) groups excluding carboxylic acids is 2. The van der Waals surface area contributed by atoms with Gasteiger partial charge in [0.1, 0.15) is 6.10 Å². The van der Waals surface area contributed by atoms with Crippen LogP contribution in [0.2, 0.25) is 0 Å². The second kappa shape index (κ2) is 17.3. The van der Waals surface area contributed by atoms with E-state index in [1.165, 1.54) is 0 Å². The summed E-state index contributed by atoms with van der Waals surface area (Å²) >= 11 is 3.29. The quantitative estimate of drug-likeness (QED) is 0.344. The molecule has 2 heterocycles. The van der Waals surface area contributed by atoms with Crippen LogP contribution in [0.15, 0.2) is 0 Å². The van der Waals surface area contributed by atoms with Gasteiger partial charge in [-0.3, -0.25) is 9.59 Å². The molecule has 9 heteroatoms. The smallest absolute Gasteiger partial charge is 0.309 e. The van der Waals surface area contributed by atoms with Gasteiger partial charge in [0.25, 0.3) is 0 Å². The standard InChI is InChI=1S/C22H40BrNO4.C8H17NO2/c1-7-19-22(6,27)12-17(4)14-24(20(25)13-23)9-8-15(2)10-16(3)11-18(5)21(26)28-19;1-6-4-7(9(2)3)5-8(10)11-6/h15-19,27H,7-14H2,1-6H3;6-8,10H,4-5H2,1-3H3/t15?,16?,17-,18?,19?,22+;/m1./s1. The molecule has 0 radical (unpaired) electrons. The van der Waals surface area contributed by atoms with Crippen LogP contribution < -0.4 is 0 Å². The first-order chi connectivity index (χ1) is 18.1. The summed E-state index contributed by atoms with van der Waals surface area (Å²) < 4.78 is 10.9. The van der Waals surface area contributed by atoms with Gasteiger partial charge in [0.2, 0.25) is 5.91 Å². The summed E-state index contributed by atoms with van der Waals surface area (Å²) in [6, 6.07) is 0.466. The maximum atomic E-state index is 12.6. The van der Waals surface area contributed by atoms with Gasteiger partial charge < -0.3 is 29.5 Å². The monoisotopic (exact) mass is 620 g/mol. The van der Waals surface area contributed by atoms with Gasteiger partial charge in [0.15, 0.2) is 6.29 Å². The number of hydrogen-bond acceptors (Lipinski definition) is 7. The van der Waals surface area contributed by atoms with Crippen LogP contribution in [0.4, 0.5) is 0 Å². The molecule has 39 heavy (non-hydrogen) atoms. The number of alkyl halides is 1. The molecule has 9 atom stereocenters. The minimum absolute atomic E-state index is 0.0862. The largest absolute Gasteiger partial charge is 0.459 e.